The first-order chi connectivity index (χ1) is 23.7. The Morgan fingerprint density at radius 2 is 1.29 bits per heavy atom. The molecular formula is C33H30F9N3O5S. The normalized spacial score (nSPS) is 19.1. The number of carbonyl (C=O) groups is 2. The molecule has 0 bridgehead atoms. The molecule has 0 aromatic heterocycles. The summed E-state index contributed by atoms with van der Waals surface area (Å²) in [4.78, 5) is 28.9. The maximum absolute atomic E-state index is 14.5. The Morgan fingerprint density at radius 1 is 0.745 bits per heavy atom. The molecule has 3 aromatic carbocycles. The highest BCUT2D eigenvalue weighted by molar-refractivity contribution is 7.92. The summed E-state index contributed by atoms with van der Waals surface area (Å²) in [5.41, 5.74) is -7.81. The fourth-order valence-electron chi connectivity index (χ4n) is 6.39. The van der Waals surface area contributed by atoms with Crippen molar-refractivity contribution in [2.24, 2.45) is 0 Å². The summed E-state index contributed by atoms with van der Waals surface area (Å²) in [7, 11) is -4.63. The standard InChI is InChI=1S/C33H30F9N3O5S/c1-21(46)43-14-16-44(17-15-43)29(47)45-13-12-30(20-45,51(48,49)27-9-6-25(34)7-10-27)23-2-4-24(5-3-23)31(32(37,38)39,33(40,41)42)50-19-22-18-26(35)8-11-28(22)36/h2-11,18H,12-17,19-20H2,1H3. The first-order valence-corrected chi connectivity index (χ1v) is 16.8. The molecule has 0 aliphatic carbocycles. The first-order valence-electron chi connectivity index (χ1n) is 15.4. The minimum absolute atomic E-state index is 0.123. The third-order valence-electron chi connectivity index (χ3n) is 9.20. The van der Waals surface area contributed by atoms with Gasteiger partial charge < -0.3 is 19.4 Å². The van der Waals surface area contributed by atoms with E-state index in [0.29, 0.717) is 30.3 Å². The van der Waals surface area contributed by atoms with Crippen LogP contribution in [0.4, 0.5) is 44.3 Å². The Hall–Kier alpha value is -4.32. The average Bonchev–Trinajstić information content (AvgIpc) is 3.53. The molecule has 8 nitrogen and oxygen atoms in total. The van der Waals surface area contributed by atoms with Crippen LogP contribution in [0.1, 0.15) is 30.0 Å². The number of likely N-dealkylation sites (tertiary alicyclic amines) is 1. The monoisotopic (exact) mass is 751 g/mol. The zero-order valence-corrected chi connectivity index (χ0v) is 27.5. The van der Waals surface area contributed by atoms with Crippen molar-refractivity contribution in [1.29, 1.82) is 0 Å². The minimum atomic E-state index is -6.21. The number of benzene rings is 3. The van der Waals surface area contributed by atoms with Crippen LogP contribution in [0.2, 0.25) is 0 Å². The number of hydrogen-bond donors (Lipinski definition) is 0. The third-order valence-corrected chi connectivity index (χ3v) is 11.7. The highest BCUT2D eigenvalue weighted by atomic mass is 32.2. The summed E-state index contributed by atoms with van der Waals surface area (Å²) in [6, 6.07) is 6.77. The Morgan fingerprint density at radius 3 is 1.84 bits per heavy atom. The number of hydrogen-bond acceptors (Lipinski definition) is 5. The molecule has 18 heteroatoms. The van der Waals surface area contributed by atoms with Gasteiger partial charge in [0.2, 0.25) is 5.91 Å². The van der Waals surface area contributed by atoms with Gasteiger partial charge in [0.25, 0.3) is 5.60 Å². The van der Waals surface area contributed by atoms with E-state index >= 15 is 0 Å². The molecule has 1 unspecified atom stereocenters. The molecule has 276 valence electrons. The van der Waals surface area contributed by atoms with Crippen molar-refractivity contribution in [2.75, 3.05) is 39.3 Å². The van der Waals surface area contributed by atoms with Crippen LogP contribution in [0.5, 0.6) is 0 Å². The van der Waals surface area contributed by atoms with E-state index in [1.165, 1.54) is 21.6 Å². The fraction of sp³-hybridized carbons (Fsp3) is 0.394. The summed E-state index contributed by atoms with van der Waals surface area (Å²) in [6.45, 7) is -0.378. The Labute approximate surface area is 286 Å². The van der Waals surface area contributed by atoms with Crippen LogP contribution in [0.25, 0.3) is 0 Å². The van der Waals surface area contributed by atoms with Crippen molar-refractivity contribution in [1.82, 2.24) is 14.7 Å². The zero-order chi connectivity index (χ0) is 37.6. The van der Waals surface area contributed by atoms with Crippen molar-refractivity contribution >= 4 is 21.8 Å². The molecule has 2 saturated heterocycles. The molecule has 2 aliphatic heterocycles. The maximum atomic E-state index is 14.5. The van der Waals surface area contributed by atoms with Gasteiger partial charge in [0.15, 0.2) is 9.84 Å². The van der Waals surface area contributed by atoms with Gasteiger partial charge in [-0.3, -0.25) is 4.79 Å². The van der Waals surface area contributed by atoms with Gasteiger partial charge in [-0.05, 0) is 54.4 Å². The van der Waals surface area contributed by atoms with Crippen molar-refractivity contribution in [3.05, 3.63) is 101 Å². The quantitative estimate of drug-likeness (QED) is 0.209. The molecule has 0 radical (unpaired) electrons. The maximum Gasteiger partial charge on any atom is 0.430 e. The number of carbonyl (C=O) groups excluding carboxylic acids is 2. The van der Waals surface area contributed by atoms with Crippen LogP contribution < -0.4 is 0 Å². The first kappa shape index (κ1) is 37.9. The lowest BCUT2D eigenvalue weighted by atomic mass is 9.88. The van der Waals surface area contributed by atoms with E-state index in [9.17, 15) is 57.5 Å². The van der Waals surface area contributed by atoms with Gasteiger partial charge in [0, 0.05) is 57.3 Å². The minimum Gasteiger partial charge on any atom is -0.349 e. The molecular weight excluding hydrogens is 721 g/mol. The largest absolute Gasteiger partial charge is 0.430 e. The number of alkyl halides is 6. The number of urea groups is 1. The summed E-state index contributed by atoms with van der Waals surface area (Å²) in [6.07, 6.45) is -12.8. The predicted molar refractivity (Wildman–Crippen MR) is 162 cm³/mol. The Bertz CT molecular complexity index is 1870. The van der Waals surface area contributed by atoms with Gasteiger partial charge in [-0.2, -0.15) is 26.3 Å². The molecule has 0 saturated carbocycles. The SMILES string of the molecule is CC(=O)N1CCN(C(=O)N2CCC(c3ccc(C(OCc4cc(F)ccc4F)(C(F)(F)F)C(F)(F)F)cc3)(S(=O)(=O)c3ccc(F)cc3)C2)CC1. The van der Waals surface area contributed by atoms with E-state index in [2.05, 4.69) is 4.74 Å². The van der Waals surface area contributed by atoms with Gasteiger partial charge in [-0.15, -0.1) is 0 Å². The van der Waals surface area contributed by atoms with E-state index in [0.717, 1.165) is 36.4 Å². The fourth-order valence-corrected chi connectivity index (χ4v) is 8.47. The number of ether oxygens (including phenoxy) is 1. The molecule has 0 N–H and O–H groups in total. The van der Waals surface area contributed by atoms with Crippen LogP contribution in [-0.2, 0) is 36.3 Å². The van der Waals surface area contributed by atoms with Gasteiger partial charge in [-0.1, -0.05) is 24.3 Å². The van der Waals surface area contributed by atoms with Crippen molar-refractivity contribution in [3.63, 3.8) is 0 Å². The van der Waals surface area contributed by atoms with Gasteiger partial charge >= 0.3 is 18.4 Å². The second kappa shape index (κ2) is 13.7. The number of nitrogens with zero attached hydrogens (tertiary/aromatic N) is 3. The molecule has 2 aliphatic rings. The number of piperazine rings is 1. The highest BCUT2D eigenvalue weighted by Crippen LogP contribution is 2.54. The number of rotatable bonds is 7. The second-order valence-corrected chi connectivity index (χ2v) is 14.4. The molecule has 2 fully saturated rings. The second-order valence-electron chi connectivity index (χ2n) is 12.2. The Balaban J connectivity index is 1.56. The summed E-state index contributed by atoms with van der Waals surface area (Å²) in [5, 5.41) is 0. The smallest absolute Gasteiger partial charge is 0.349 e. The summed E-state index contributed by atoms with van der Waals surface area (Å²) < 4.78 is 160. The van der Waals surface area contributed by atoms with Gasteiger partial charge in [0.05, 0.1) is 11.5 Å². The van der Waals surface area contributed by atoms with Crippen LogP contribution >= 0.6 is 0 Å². The van der Waals surface area contributed by atoms with Gasteiger partial charge in [-0.25, -0.2) is 26.4 Å². The van der Waals surface area contributed by atoms with Crippen LogP contribution in [0, 0.1) is 17.5 Å². The molecule has 5 rings (SSSR count). The van der Waals surface area contributed by atoms with Gasteiger partial charge in [0.1, 0.15) is 22.2 Å². The molecule has 3 aromatic rings. The van der Waals surface area contributed by atoms with E-state index < -0.39 is 85.2 Å². The molecule has 3 amide bonds. The van der Waals surface area contributed by atoms with E-state index in [1.807, 2.05) is 0 Å². The predicted octanol–water partition coefficient (Wildman–Crippen LogP) is 6.30. The zero-order valence-electron chi connectivity index (χ0n) is 26.7. The lowest BCUT2D eigenvalue weighted by Crippen LogP contribution is -2.56. The topological polar surface area (TPSA) is 87.2 Å². The lowest BCUT2D eigenvalue weighted by Gasteiger charge is -2.38. The van der Waals surface area contributed by atoms with Crippen molar-refractivity contribution in [3.8, 4) is 0 Å². The third kappa shape index (κ3) is 6.86. The molecule has 2 heterocycles. The van der Waals surface area contributed by atoms with Crippen LogP contribution in [0.3, 0.4) is 0 Å². The van der Waals surface area contributed by atoms with Crippen LogP contribution in [0.15, 0.2) is 71.6 Å². The van der Waals surface area contributed by atoms with Crippen LogP contribution in [-0.4, -0.2) is 86.7 Å². The Kier molecular flexibility index (Phi) is 10.2. The van der Waals surface area contributed by atoms with E-state index in [-0.39, 0.29) is 50.6 Å². The number of amides is 3. The van der Waals surface area contributed by atoms with E-state index in [4.69, 9.17) is 0 Å². The molecule has 0 spiro atoms. The average molecular weight is 752 g/mol. The highest BCUT2D eigenvalue weighted by Gasteiger charge is 2.73. The van der Waals surface area contributed by atoms with Crippen molar-refractivity contribution < 1.29 is 62.3 Å². The number of sulfone groups is 1. The molecule has 1 atom stereocenters. The summed E-state index contributed by atoms with van der Waals surface area (Å²) >= 11 is 0. The van der Waals surface area contributed by atoms with Crippen molar-refractivity contribution in [2.45, 2.75) is 47.5 Å². The molecule has 51 heavy (non-hydrogen) atoms. The lowest BCUT2D eigenvalue weighted by molar-refractivity contribution is -0.392. The van der Waals surface area contributed by atoms with E-state index in [1.54, 1.807) is 0 Å². The number of halogens is 9. The summed E-state index contributed by atoms with van der Waals surface area (Å²) in [5.74, 6) is -3.45.